The summed E-state index contributed by atoms with van der Waals surface area (Å²) in [4.78, 5) is 16.4. The van der Waals surface area contributed by atoms with Crippen LogP contribution in [0.2, 0.25) is 0 Å². The number of halogens is 1. The third-order valence-electron chi connectivity index (χ3n) is 4.41. The molecular formula is C19H21FN2O2. The first kappa shape index (κ1) is 16.5. The molecule has 5 heteroatoms. The third-order valence-corrected chi connectivity index (χ3v) is 4.41. The van der Waals surface area contributed by atoms with Gasteiger partial charge in [0.1, 0.15) is 11.9 Å². The standard InChI is InChI=1S/C19H21FN2O2/c1-24-19(23)18(15-7-3-2-4-8-15)22-13-11-21(12-14-22)17-10-6-5-9-16(17)20/h2-10,18H,11-14H2,1H3. The second-order valence-electron chi connectivity index (χ2n) is 5.81. The molecule has 0 N–H and O–H groups in total. The summed E-state index contributed by atoms with van der Waals surface area (Å²) in [5.74, 6) is -0.473. The predicted molar refractivity (Wildman–Crippen MR) is 91.4 cm³/mol. The average Bonchev–Trinajstić information content (AvgIpc) is 2.64. The molecule has 4 nitrogen and oxygen atoms in total. The van der Waals surface area contributed by atoms with E-state index in [2.05, 4.69) is 4.90 Å². The van der Waals surface area contributed by atoms with E-state index in [9.17, 15) is 9.18 Å². The quantitative estimate of drug-likeness (QED) is 0.808. The van der Waals surface area contributed by atoms with Crippen molar-refractivity contribution in [3.63, 3.8) is 0 Å². The lowest BCUT2D eigenvalue weighted by Crippen LogP contribution is -2.49. The zero-order valence-corrected chi connectivity index (χ0v) is 13.7. The Hall–Kier alpha value is -2.40. The van der Waals surface area contributed by atoms with E-state index >= 15 is 0 Å². The fraction of sp³-hybridized carbons (Fsp3) is 0.316. The van der Waals surface area contributed by atoms with Gasteiger partial charge in [0, 0.05) is 26.2 Å². The molecule has 24 heavy (non-hydrogen) atoms. The van der Waals surface area contributed by atoms with Crippen LogP contribution in [0, 0.1) is 5.82 Å². The lowest BCUT2D eigenvalue weighted by Gasteiger charge is -2.39. The molecule has 0 amide bonds. The summed E-state index contributed by atoms with van der Waals surface area (Å²) >= 11 is 0. The zero-order valence-electron chi connectivity index (χ0n) is 13.7. The highest BCUT2D eigenvalue weighted by Crippen LogP contribution is 2.26. The fourth-order valence-corrected chi connectivity index (χ4v) is 3.17. The molecule has 1 unspecified atom stereocenters. The highest BCUT2D eigenvalue weighted by atomic mass is 19.1. The van der Waals surface area contributed by atoms with Gasteiger partial charge in [-0.2, -0.15) is 0 Å². The number of piperazine rings is 1. The van der Waals surface area contributed by atoms with Gasteiger partial charge in [0.15, 0.2) is 0 Å². The maximum absolute atomic E-state index is 13.9. The lowest BCUT2D eigenvalue weighted by atomic mass is 10.0. The molecule has 1 fully saturated rings. The molecule has 126 valence electrons. The number of carbonyl (C=O) groups excluding carboxylic acids is 1. The van der Waals surface area contributed by atoms with Gasteiger partial charge in [0.2, 0.25) is 0 Å². The van der Waals surface area contributed by atoms with Gasteiger partial charge < -0.3 is 9.64 Å². The number of esters is 1. The topological polar surface area (TPSA) is 32.8 Å². The van der Waals surface area contributed by atoms with Gasteiger partial charge in [0.05, 0.1) is 12.8 Å². The first-order valence-corrected chi connectivity index (χ1v) is 8.07. The van der Waals surface area contributed by atoms with Gasteiger partial charge in [-0.3, -0.25) is 4.90 Å². The molecule has 0 aromatic heterocycles. The van der Waals surface area contributed by atoms with Crippen molar-refractivity contribution in [2.24, 2.45) is 0 Å². The van der Waals surface area contributed by atoms with Crippen LogP contribution in [0.1, 0.15) is 11.6 Å². The monoisotopic (exact) mass is 328 g/mol. The number of methoxy groups -OCH3 is 1. The van der Waals surface area contributed by atoms with Crippen molar-refractivity contribution in [3.05, 3.63) is 66.0 Å². The number of rotatable bonds is 4. The van der Waals surface area contributed by atoms with Gasteiger partial charge in [0.25, 0.3) is 0 Å². The third kappa shape index (κ3) is 3.41. The second-order valence-corrected chi connectivity index (χ2v) is 5.81. The van der Waals surface area contributed by atoms with E-state index in [1.807, 2.05) is 41.3 Å². The summed E-state index contributed by atoms with van der Waals surface area (Å²) in [7, 11) is 1.41. The molecular weight excluding hydrogens is 307 g/mol. The van der Waals surface area contributed by atoms with Crippen LogP contribution in [-0.2, 0) is 9.53 Å². The summed E-state index contributed by atoms with van der Waals surface area (Å²) in [6, 6.07) is 16.0. The van der Waals surface area contributed by atoms with Crippen molar-refractivity contribution in [1.82, 2.24) is 4.90 Å². The number of ether oxygens (including phenoxy) is 1. The Morgan fingerprint density at radius 1 is 1.00 bits per heavy atom. The van der Waals surface area contributed by atoms with Crippen LogP contribution in [0.5, 0.6) is 0 Å². The van der Waals surface area contributed by atoms with Crippen LogP contribution in [0.25, 0.3) is 0 Å². The normalized spacial score (nSPS) is 16.7. The van der Waals surface area contributed by atoms with Gasteiger partial charge in [-0.25, -0.2) is 9.18 Å². The number of benzene rings is 2. The zero-order chi connectivity index (χ0) is 16.9. The minimum Gasteiger partial charge on any atom is -0.468 e. The molecule has 0 spiro atoms. The Morgan fingerprint density at radius 3 is 2.25 bits per heavy atom. The number of nitrogens with zero attached hydrogens (tertiary/aromatic N) is 2. The van der Waals surface area contributed by atoms with Gasteiger partial charge in [-0.15, -0.1) is 0 Å². The van der Waals surface area contributed by atoms with Crippen LogP contribution in [0.3, 0.4) is 0 Å². The number of carbonyl (C=O) groups is 1. The highest BCUT2D eigenvalue weighted by molar-refractivity contribution is 5.77. The highest BCUT2D eigenvalue weighted by Gasteiger charge is 2.31. The van der Waals surface area contributed by atoms with Crippen LogP contribution < -0.4 is 4.90 Å². The van der Waals surface area contributed by atoms with E-state index < -0.39 is 6.04 Å². The van der Waals surface area contributed by atoms with Crippen molar-refractivity contribution in [3.8, 4) is 0 Å². The van der Waals surface area contributed by atoms with Crippen molar-refractivity contribution >= 4 is 11.7 Å². The number of hydrogen-bond acceptors (Lipinski definition) is 4. The number of para-hydroxylation sites is 1. The molecule has 1 aliphatic rings. The molecule has 2 aromatic rings. The van der Waals surface area contributed by atoms with E-state index in [4.69, 9.17) is 4.74 Å². The van der Waals surface area contributed by atoms with Crippen LogP contribution in [0.4, 0.5) is 10.1 Å². The molecule has 0 saturated carbocycles. The lowest BCUT2D eigenvalue weighted by molar-refractivity contribution is -0.147. The number of anilines is 1. The maximum Gasteiger partial charge on any atom is 0.327 e. The summed E-state index contributed by atoms with van der Waals surface area (Å²) in [6.45, 7) is 2.68. The molecule has 0 radical (unpaired) electrons. The molecule has 3 rings (SSSR count). The SMILES string of the molecule is COC(=O)C(c1ccccc1)N1CCN(c2ccccc2F)CC1. The molecule has 0 aliphatic carbocycles. The Labute approximate surface area is 141 Å². The first-order valence-electron chi connectivity index (χ1n) is 8.07. The van der Waals surface area contributed by atoms with E-state index in [1.165, 1.54) is 13.2 Å². The predicted octanol–water partition coefficient (Wildman–Crippen LogP) is 2.86. The second kappa shape index (κ2) is 7.45. The summed E-state index contributed by atoms with van der Waals surface area (Å²) in [6.07, 6.45) is 0. The Kier molecular flexibility index (Phi) is 5.11. The summed E-state index contributed by atoms with van der Waals surface area (Å²) in [5, 5.41) is 0. The Balaban J connectivity index is 1.74. The Bertz CT molecular complexity index is 685. The van der Waals surface area contributed by atoms with E-state index in [-0.39, 0.29) is 11.8 Å². The minimum atomic E-state index is -0.418. The first-order chi connectivity index (χ1) is 11.7. The van der Waals surface area contributed by atoms with Gasteiger partial charge >= 0.3 is 5.97 Å². The number of hydrogen-bond donors (Lipinski definition) is 0. The van der Waals surface area contributed by atoms with E-state index in [0.717, 1.165) is 5.56 Å². The molecule has 1 saturated heterocycles. The van der Waals surface area contributed by atoms with Crippen molar-refractivity contribution in [2.75, 3.05) is 38.2 Å². The van der Waals surface area contributed by atoms with Crippen molar-refractivity contribution in [1.29, 1.82) is 0 Å². The fourth-order valence-electron chi connectivity index (χ4n) is 3.17. The van der Waals surface area contributed by atoms with Crippen LogP contribution in [0.15, 0.2) is 54.6 Å². The van der Waals surface area contributed by atoms with Crippen LogP contribution in [-0.4, -0.2) is 44.2 Å². The van der Waals surface area contributed by atoms with E-state index in [0.29, 0.717) is 31.9 Å². The average molecular weight is 328 g/mol. The Morgan fingerprint density at radius 2 is 1.62 bits per heavy atom. The van der Waals surface area contributed by atoms with E-state index in [1.54, 1.807) is 12.1 Å². The smallest absolute Gasteiger partial charge is 0.327 e. The van der Waals surface area contributed by atoms with Crippen LogP contribution >= 0.6 is 0 Å². The maximum atomic E-state index is 13.9. The van der Waals surface area contributed by atoms with Gasteiger partial charge in [-0.1, -0.05) is 42.5 Å². The van der Waals surface area contributed by atoms with Gasteiger partial charge in [-0.05, 0) is 17.7 Å². The summed E-state index contributed by atoms with van der Waals surface area (Å²) < 4.78 is 18.9. The molecule has 1 aliphatic heterocycles. The minimum absolute atomic E-state index is 0.210. The molecule has 0 bridgehead atoms. The van der Waals surface area contributed by atoms with Crippen molar-refractivity contribution in [2.45, 2.75) is 6.04 Å². The largest absolute Gasteiger partial charge is 0.468 e. The molecule has 2 aromatic carbocycles. The summed E-state index contributed by atoms with van der Waals surface area (Å²) in [5.41, 5.74) is 1.54. The molecule has 1 atom stereocenters. The molecule has 1 heterocycles. The van der Waals surface area contributed by atoms with Crippen molar-refractivity contribution < 1.29 is 13.9 Å².